The van der Waals surface area contributed by atoms with Crippen LogP contribution in [0, 0.1) is 0 Å². The topological polar surface area (TPSA) is 90.4 Å². The fourth-order valence-electron chi connectivity index (χ4n) is 1.61. The summed E-state index contributed by atoms with van der Waals surface area (Å²) in [5.74, 6) is -0.470. The van der Waals surface area contributed by atoms with E-state index in [4.69, 9.17) is 16.2 Å². The van der Waals surface area contributed by atoms with Crippen molar-refractivity contribution < 1.29 is 9.53 Å². The van der Waals surface area contributed by atoms with Gasteiger partial charge >= 0.3 is 0 Å². The number of nitrogens with two attached hydrogens (primary N) is 2. The third kappa shape index (κ3) is 3.92. The zero-order chi connectivity index (χ0) is 13.8. The fraction of sp³-hybridized carbons (Fsp3) is 0.462. The normalized spacial score (nSPS) is 11.3. The molecule has 100 valence electrons. The summed E-state index contributed by atoms with van der Waals surface area (Å²) >= 11 is 0. The van der Waals surface area contributed by atoms with Crippen LogP contribution in [0.4, 0.5) is 11.4 Å². The number of anilines is 2. The summed E-state index contributed by atoms with van der Waals surface area (Å²) in [4.78, 5) is 11.1. The van der Waals surface area contributed by atoms with Gasteiger partial charge in [-0.3, -0.25) is 4.79 Å². The van der Waals surface area contributed by atoms with Crippen LogP contribution in [0.15, 0.2) is 18.2 Å². The second kappa shape index (κ2) is 5.73. The molecule has 0 aliphatic rings. The van der Waals surface area contributed by atoms with Gasteiger partial charge < -0.3 is 21.5 Å². The van der Waals surface area contributed by atoms with Crippen LogP contribution in [-0.4, -0.2) is 24.7 Å². The van der Waals surface area contributed by atoms with Crippen molar-refractivity contribution in [2.75, 3.05) is 24.2 Å². The fourth-order valence-corrected chi connectivity index (χ4v) is 1.61. The SMILES string of the molecule is CCOC(C)(C)CNc1cc(C(N)=O)ccc1N. The molecule has 0 bridgehead atoms. The number of carbonyl (C=O) groups is 1. The van der Waals surface area contributed by atoms with E-state index in [0.717, 1.165) is 0 Å². The van der Waals surface area contributed by atoms with Gasteiger partial charge in [-0.15, -0.1) is 0 Å². The van der Waals surface area contributed by atoms with Crippen LogP contribution >= 0.6 is 0 Å². The van der Waals surface area contributed by atoms with Crippen molar-refractivity contribution in [3.8, 4) is 0 Å². The molecule has 18 heavy (non-hydrogen) atoms. The number of benzene rings is 1. The number of hydrogen-bond acceptors (Lipinski definition) is 4. The van der Waals surface area contributed by atoms with Crippen LogP contribution in [0.5, 0.6) is 0 Å². The molecule has 0 aliphatic heterocycles. The number of primary amides is 1. The van der Waals surface area contributed by atoms with E-state index in [1.54, 1.807) is 18.2 Å². The minimum absolute atomic E-state index is 0.302. The lowest BCUT2D eigenvalue weighted by atomic mass is 10.1. The Labute approximate surface area is 107 Å². The molecule has 1 aromatic carbocycles. The molecule has 0 saturated carbocycles. The van der Waals surface area contributed by atoms with E-state index >= 15 is 0 Å². The van der Waals surface area contributed by atoms with Gasteiger partial charge in [0.05, 0.1) is 17.0 Å². The maximum absolute atomic E-state index is 11.1. The molecule has 5 nitrogen and oxygen atoms in total. The van der Waals surface area contributed by atoms with Crippen molar-refractivity contribution in [1.29, 1.82) is 0 Å². The Morgan fingerprint density at radius 1 is 1.44 bits per heavy atom. The standard InChI is InChI=1S/C13H21N3O2/c1-4-18-13(2,3)8-16-11-7-9(12(15)17)5-6-10(11)14/h5-7,16H,4,8,14H2,1-3H3,(H2,15,17). The average Bonchev–Trinajstić information content (AvgIpc) is 2.27. The van der Waals surface area contributed by atoms with E-state index in [9.17, 15) is 4.79 Å². The largest absolute Gasteiger partial charge is 0.397 e. The Hall–Kier alpha value is -1.75. The van der Waals surface area contributed by atoms with Gasteiger partial charge in [0.25, 0.3) is 0 Å². The molecule has 5 heteroatoms. The first-order valence-corrected chi connectivity index (χ1v) is 5.93. The summed E-state index contributed by atoms with van der Waals surface area (Å²) in [5, 5.41) is 3.18. The highest BCUT2D eigenvalue weighted by Crippen LogP contribution is 2.21. The molecule has 0 aliphatic carbocycles. The second-order valence-corrected chi connectivity index (χ2v) is 4.71. The lowest BCUT2D eigenvalue weighted by Crippen LogP contribution is -2.33. The van der Waals surface area contributed by atoms with E-state index in [1.165, 1.54) is 0 Å². The van der Waals surface area contributed by atoms with Gasteiger partial charge in [-0.2, -0.15) is 0 Å². The third-order valence-electron chi connectivity index (χ3n) is 2.58. The van der Waals surface area contributed by atoms with E-state index in [-0.39, 0.29) is 5.60 Å². The van der Waals surface area contributed by atoms with Gasteiger partial charge in [-0.1, -0.05) is 0 Å². The van der Waals surface area contributed by atoms with Crippen molar-refractivity contribution in [2.24, 2.45) is 5.73 Å². The van der Waals surface area contributed by atoms with E-state index in [2.05, 4.69) is 5.32 Å². The molecule has 0 radical (unpaired) electrons. The lowest BCUT2D eigenvalue weighted by Gasteiger charge is -2.26. The summed E-state index contributed by atoms with van der Waals surface area (Å²) in [7, 11) is 0. The highest BCUT2D eigenvalue weighted by molar-refractivity contribution is 5.94. The minimum Gasteiger partial charge on any atom is -0.397 e. The van der Waals surface area contributed by atoms with Gasteiger partial charge in [-0.25, -0.2) is 0 Å². The smallest absolute Gasteiger partial charge is 0.248 e. The Bertz CT molecular complexity index is 430. The first-order chi connectivity index (χ1) is 8.35. The van der Waals surface area contributed by atoms with Crippen LogP contribution in [0.2, 0.25) is 0 Å². The van der Waals surface area contributed by atoms with Gasteiger partial charge in [0.1, 0.15) is 0 Å². The molecule has 0 saturated heterocycles. The molecule has 0 unspecified atom stereocenters. The zero-order valence-electron chi connectivity index (χ0n) is 11.1. The highest BCUT2D eigenvalue weighted by Gasteiger charge is 2.17. The van der Waals surface area contributed by atoms with Gasteiger partial charge in [0.2, 0.25) is 5.91 Å². The van der Waals surface area contributed by atoms with Crippen LogP contribution in [0.1, 0.15) is 31.1 Å². The average molecular weight is 251 g/mol. The van der Waals surface area contributed by atoms with Gasteiger partial charge in [0, 0.05) is 18.7 Å². The molecule has 1 aromatic rings. The van der Waals surface area contributed by atoms with Crippen LogP contribution in [-0.2, 0) is 4.74 Å². The van der Waals surface area contributed by atoms with Crippen LogP contribution < -0.4 is 16.8 Å². The molecule has 0 atom stereocenters. The molecule has 5 N–H and O–H groups in total. The number of amides is 1. The van der Waals surface area contributed by atoms with Crippen molar-refractivity contribution in [2.45, 2.75) is 26.4 Å². The molecule has 0 aromatic heterocycles. The maximum Gasteiger partial charge on any atom is 0.248 e. The van der Waals surface area contributed by atoms with Gasteiger partial charge in [-0.05, 0) is 39.0 Å². The van der Waals surface area contributed by atoms with Crippen molar-refractivity contribution >= 4 is 17.3 Å². The Balaban J connectivity index is 2.78. The van der Waals surface area contributed by atoms with E-state index in [1.807, 2.05) is 20.8 Å². The zero-order valence-corrected chi connectivity index (χ0v) is 11.1. The molecule has 1 amide bonds. The quantitative estimate of drug-likeness (QED) is 0.670. The highest BCUT2D eigenvalue weighted by atomic mass is 16.5. The summed E-state index contributed by atoms with van der Waals surface area (Å²) in [5.41, 5.74) is 12.5. The summed E-state index contributed by atoms with van der Waals surface area (Å²) in [6.45, 7) is 7.15. The Kier molecular flexibility index (Phi) is 4.55. The molecular formula is C13H21N3O2. The first-order valence-electron chi connectivity index (χ1n) is 5.93. The minimum atomic E-state index is -0.470. The molecule has 0 heterocycles. The summed E-state index contributed by atoms with van der Waals surface area (Å²) in [6, 6.07) is 4.92. The summed E-state index contributed by atoms with van der Waals surface area (Å²) < 4.78 is 5.57. The number of carbonyl (C=O) groups excluding carboxylic acids is 1. The monoisotopic (exact) mass is 251 g/mol. The number of nitrogens with one attached hydrogen (secondary N) is 1. The molecule has 0 fully saturated rings. The predicted octanol–water partition coefficient (Wildman–Crippen LogP) is 1.59. The van der Waals surface area contributed by atoms with Crippen LogP contribution in [0.3, 0.4) is 0 Å². The maximum atomic E-state index is 11.1. The Morgan fingerprint density at radius 2 is 2.11 bits per heavy atom. The van der Waals surface area contributed by atoms with Crippen molar-refractivity contribution in [3.63, 3.8) is 0 Å². The number of rotatable bonds is 6. The number of ether oxygens (including phenoxy) is 1. The summed E-state index contributed by atoms with van der Waals surface area (Å²) in [6.07, 6.45) is 0. The first kappa shape index (κ1) is 14.3. The predicted molar refractivity (Wildman–Crippen MR) is 73.6 cm³/mol. The molecular weight excluding hydrogens is 230 g/mol. The molecule has 1 rings (SSSR count). The number of nitrogen functional groups attached to an aromatic ring is 1. The lowest BCUT2D eigenvalue weighted by molar-refractivity contribution is 0.000709. The Morgan fingerprint density at radius 3 is 2.67 bits per heavy atom. The second-order valence-electron chi connectivity index (χ2n) is 4.71. The van der Waals surface area contributed by atoms with E-state index in [0.29, 0.717) is 30.1 Å². The van der Waals surface area contributed by atoms with Crippen molar-refractivity contribution in [3.05, 3.63) is 23.8 Å². The third-order valence-corrected chi connectivity index (χ3v) is 2.58. The number of hydrogen-bond donors (Lipinski definition) is 3. The van der Waals surface area contributed by atoms with Crippen LogP contribution in [0.25, 0.3) is 0 Å². The van der Waals surface area contributed by atoms with Gasteiger partial charge in [0.15, 0.2) is 0 Å². The van der Waals surface area contributed by atoms with E-state index < -0.39 is 5.91 Å². The molecule has 0 spiro atoms. The van der Waals surface area contributed by atoms with Crippen molar-refractivity contribution in [1.82, 2.24) is 0 Å².